The van der Waals surface area contributed by atoms with Crippen molar-refractivity contribution in [3.63, 3.8) is 0 Å². The molecule has 0 aliphatic heterocycles. The van der Waals surface area contributed by atoms with Gasteiger partial charge in [-0.2, -0.15) is 0 Å². The lowest BCUT2D eigenvalue weighted by Crippen LogP contribution is -2.34. The summed E-state index contributed by atoms with van der Waals surface area (Å²) < 4.78 is 30.8. The van der Waals surface area contributed by atoms with E-state index in [0.29, 0.717) is 0 Å². The highest BCUT2D eigenvalue weighted by Crippen LogP contribution is 2.28. The van der Waals surface area contributed by atoms with Crippen LogP contribution in [0.5, 0.6) is 0 Å². The van der Waals surface area contributed by atoms with Crippen LogP contribution in [0, 0.1) is 17.0 Å². The van der Waals surface area contributed by atoms with Crippen molar-refractivity contribution in [1.29, 1.82) is 0 Å². The first-order valence-electron chi connectivity index (χ1n) is 7.74. The third-order valence-corrected chi connectivity index (χ3v) is 5.53. The minimum Gasteiger partial charge on any atom is -0.450 e. The molecule has 0 aliphatic rings. The number of hydrogen-bond acceptors (Lipinski definition) is 6. The smallest absolute Gasteiger partial charge is 0.408 e. The number of carbonyl (C=O) groups is 1. The molecule has 0 aliphatic carbocycles. The Balaban J connectivity index is 2.47. The summed E-state index contributed by atoms with van der Waals surface area (Å²) in [6.07, 6.45) is -0.897. The number of benzene rings is 2. The number of nitro groups is 1. The van der Waals surface area contributed by atoms with Gasteiger partial charge in [0, 0.05) is 12.1 Å². The summed E-state index contributed by atoms with van der Waals surface area (Å²) in [5, 5.41) is 11.7. The molecule has 8 nitrogen and oxygen atoms in total. The van der Waals surface area contributed by atoms with E-state index < -0.39 is 26.2 Å². The van der Waals surface area contributed by atoms with Gasteiger partial charge < -0.3 is 10.1 Å². The number of rotatable bonds is 6. The van der Waals surface area contributed by atoms with Crippen LogP contribution in [0.1, 0.15) is 23.4 Å². The zero-order chi connectivity index (χ0) is 19.3. The summed E-state index contributed by atoms with van der Waals surface area (Å²) in [5.41, 5.74) is 0.884. The molecule has 1 unspecified atom stereocenters. The lowest BCUT2D eigenvalue weighted by atomic mass is 10.2. The summed E-state index contributed by atoms with van der Waals surface area (Å²) in [6.45, 7) is 3.49. The standard InChI is InChI=1S/C17H18N2O6S/c1-3-25-17(20)18-16(13-6-8-14(9-7-13)19(21)22)26(23,24)15-10-4-12(2)5-11-15/h4-11,16H,3H2,1-2H3,(H,18,20). The van der Waals surface area contributed by atoms with Gasteiger partial charge in [-0.1, -0.05) is 17.7 Å². The van der Waals surface area contributed by atoms with E-state index in [1.165, 1.54) is 36.4 Å². The molecule has 2 aromatic carbocycles. The van der Waals surface area contributed by atoms with Gasteiger partial charge >= 0.3 is 6.09 Å². The van der Waals surface area contributed by atoms with Crippen molar-refractivity contribution in [1.82, 2.24) is 5.32 Å². The molecule has 0 bridgehead atoms. The van der Waals surface area contributed by atoms with Crippen LogP contribution < -0.4 is 5.32 Å². The van der Waals surface area contributed by atoms with E-state index in [1.54, 1.807) is 19.1 Å². The highest BCUT2D eigenvalue weighted by molar-refractivity contribution is 7.91. The van der Waals surface area contributed by atoms with Gasteiger partial charge in [-0.25, -0.2) is 13.2 Å². The molecule has 1 atom stereocenters. The van der Waals surface area contributed by atoms with Crippen LogP contribution in [0.25, 0.3) is 0 Å². The van der Waals surface area contributed by atoms with E-state index in [9.17, 15) is 23.3 Å². The van der Waals surface area contributed by atoms with Crippen LogP contribution in [-0.4, -0.2) is 26.0 Å². The molecule has 0 saturated heterocycles. The first-order valence-corrected chi connectivity index (χ1v) is 9.28. The number of ether oxygens (including phenoxy) is 1. The molecule has 0 saturated carbocycles. The minimum absolute atomic E-state index is 0.0169. The quantitative estimate of drug-likeness (QED) is 0.610. The normalized spacial score (nSPS) is 12.2. The molecule has 0 spiro atoms. The van der Waals surface area contributed by atoms with Gasteiger partial charge in [-0.05, 0) is 43.7 Å². The lowest BCUT2D eigenvalue weighted by Gasteiger charge is -2.19. The zero-order valence-electron chi connectivity index (χ0n) is 14.2. The van der Waals surface area contributed by atoms with Crippen molar-refractivity contribution in [2.24, 2.45) is 0 Å². The van der Waals surface area contributed by atoms with Gasteiger partial charge in [0.05, 0.1) is 16.4 Å². The minimum atomic E-state index is -4.00. The van der Waals surface area contributed by atoms with Gasteiger partial charge in [-0.3, -0.25) is 10.1 Å². The molecule has 2 rings (SSSR count). The van der Waals surface area contributed by atoms with Gasteiger partial charge in [0.15, 0.2) is 5.37 Å². The molecule has 26 heavy (non-hydrogen) atoms. The number of sulfone groups is 1. The number of amides is 1. The number of non-ortho nitro benzene ring substituents is 1. The molecule has 0 fully saturated rings. The second-order valence-corrected chi connectivity index (χ2v) is 7.48. The molecule has 9 heteroatoms. The van der Waals surface area contributed by atoms with Crippen molar-refractivity contribution in [2.45, 2.75) is 24.1 Å². The third-order valence-electron chi connectivity index (χ3n) is 3.59. The van der Waals surface area contributed by atoms with E-state index in [-0.39, 0.29) is 22.8 Å². The summed E-state index contributed by atoms with van der Waals surface area (Å²) in [5.74, 6) is 0. The van der Waals surface area contributed by atoms with E-state index in [0.717, 1.165) is 5.56 Å². The Morgan fingerprint density at radius 2 is 1.73 bits per heavy atom. The SMILES string of the molecule is CCOC(=O)NC(c1ccc([N+](=O)[O-])cc1)S(=O)(=O)c1ccc(C)cc1. The fourth-order valence-electron chi connectivity index (χ4n) is 2.25. The molecule has 1 N–H and O–H groups in total. The average molecular weight is 378 g/mol. The Hall–Kier alpha value is -2.94. The van der Waals surface area contributed by atoms with Crippen molar-refractivity contribution in [3.05, 3.63) is 69.8 Å². The van der Waals surface area contributed by atoms with Crippen LogP contribution in [0.3, 0.4) is 0 Å². The van der Waals surface area contributed by atoms with Crippen LogP contribution in [0.2, 0.25) is 0 Å². The molecule has 0 aromatic heterocycles. The number of nitro benzene ring substituents is 1. The van der Waals surface area contributed by atoms with Gasteiger partial charge in [0.2, 0.25) is 9.84 Å². The highest BCUT2D eigenvalue weighted by Gasteiger charge is 2.31. The Morgan fingerprint density at radius 1 is 1.15 bits per heavy atom. The van der Waals surface area contributed by atoms with E-state index in [4.69, 9.17) is 4.74 Å². The number of carbonyl (C=O) groups excluding carboxylic acids is 1. The van der Waals surface area contributed by atoms with E-state index >= 15 is 0 Å². The Morgan fingerprint density at radius 3 is 2.23 bits per heavy atom. The molecule has 1 amide bonds. The second kappa shape index (κ2) is 7.96. The third kappa shape index (κ3) is 4.37. The van der Waals surface area contributed by atoms with Crippen LogP contribution in [0.15, 0.2) is 53.4 Å². The second-order valence-electron chi connectivity index (χ2n) is 5.45. The van der Waals surface area contributed by atoms with Gasteiger partial charge in [0.25, 0.3) is 5.69 Å². The Kier molecular flexibility index (Phi) is 5.93. The first kappa shape index (κ1) is 19.4. The maximum Gasteiger partial charge on any atom is 0.408 e. The fourth-order valence-corrected chi connectivity index (χ4v) is 3.81. The average Bonchev–Trinajstić information content (AvgIpc) is 2.60. The molecular formula is C17H18N2O6S. The first-order chi connectivity index (χ1) is 12.3. The van der Waals surface area contributed by atoms with Gasteiger partial charge in [-0.15, -0.1) is 0 Å². The summed E-state index contributed by atoms with van der Waals surface area (Å²) >= 11 is 0. The fraction of sp³-hybridized carbons (Fsp3) is 0.235. The van der Waals surface area contributed by atoms with Crippen molar-refractivity contribution < 1.29 is 22.9 Å². The lowest BCUT2D eigenvalue weighted by molar-refractivity contribution is -0.384. The predicted octanol–water partition coefficient (Wildman–Crippen LogP) is 3.12. The number of alkyl carbamates (subject to hydrolysis) is 1. The summed E-state index contributed by atoms with van der Waals surface area (Å²) in [7, 11) is -4.00. The molecule has 0 radical (unpaired) electrons. The number of nitrogens with zero attached hydrogens (tertiary/aromatic N) is 1. The van der Waals surface area contributed by atoms with Crippen LogP contribution in [-0.2, 0) is 14.6 Å². The molecule has 138 valence electrons. The molecule has 0 heterocycles. The zero-order valence-corrected chi connectivity index (χ0v) is 15.0. The van der Waals surface area contributed by atoms with Crippen LogP contribution in [0.4, 0.5) is 10.5 Å². The summed E-state index contributed by atoms with van der Waals surface area (Å²) in [6, 6.07) is 11.1. The Labute approximate surface area is 150 Å². The van der Waals surface area contributed by atoms with Gasteiger partial charge in [0.1, 0.15) is 0 Å². The van der Waals surface area contributed by atoms with E-state index in [2.05, 4.69) is 5.32 Å². The number of aryl methyl sites for hydroxylation is 1. The van der Waals surface area contributed by atoms with Crippen molar-refractivity contribution >= 4 is 21.6 Å². The number of nitrogens with one attached hydrogen (secondary N) is 1. The maximum atomic E-state index is 13.0. The van der Waals surface area contributed by atoms with Crippen molar-refractivity contribution in [2.75, 3.05) is 6.61 Å². The summed E-state index contributed by atoms with van der Waals surface area (Å²) in [4.78, 5) is 22.0. The maximum absolute atomic E-state index is 13.0. The highest BCUT2D eigenvalue weighted by atomic mass is 32.2. The molecular weight excluding hydrogens is 360 g/mol. The largest absolute Gasteiger partial charge is 0.450 e. The molecule has 2 aromatic rings. The Bertz CT molecular complexity index is 892. The number of hydrogen-bond donors (Lipinski definition) is 1. The van der Waals surface area contributed by atoms with Crippen LogP contribution >= 0.6 is 0 Å². The monoisotopic (exact) mass is 378 g/mol. The predicted molar refractivity (Wildman–Crippen MR) is 94.4 cm³/mol. The topological polar surface area (TPSA) is 116 Å². The van der Waals surface area contributed by atoms with E-state index in [1.807, 2.05) is 6.92 Å². The van der Waals surface area contributed by atoms with Crippen molar-refractivity contribution in [3.8, 4) is 0 Å².